The van der Waals surface area contributed by atoms with Crippen molar-refractivity contribution >= 4 is 44.6 Å². The number of aromatic nitrogens is 3. The number of thiophene rings is 1. The third-order valence-corrected chi connectivity index (χ3v) is 6.95. The van der Waals surface area contributed by atoms with Gasteiger partial charge in [-0.25, -0.2) is 14.4 Å². The molecule has 2 aliphatic rings. The number of halogens is 1. The first-order chi connectivity index (χ1) is 14.5. The van der Waals surface area contributed by atoms with Gasteiger partial charge in [0, 0.05) is 43.0 Å². The molecule has 6 rings (SSSR count). The second kappa shape index (κ2) is 6.48. The molecule has 0 aliphatic carbocycles. The monoisotopic (exact) mass is 422 g/mol. The van der Waals surface area contributed by atoms with E-state index >= 15 is 0 Å². The highest BCUT2D eigenvalue weighted by atomic mass is 32.1. The van der Waals surface area contributed by atoms with Gasteiger partial charge in [0.1, 0.15) is 10.6 Å². The van der Waals surface area contributed by atoms with Gasteiger partial charge in [-0.2, -0.15) is 0 Å². The van der Waals surface area contributed by atoms with Crippen molar-refractivity contribution in [2.24, 2.45) is 0 Å². The lowest BCUT2D eigenvalue weighted by Gasteiger charge is -2.37. The van der Waals surface area contributed by atoms with Crippen molar-refractivity contribution in [1.29, 1.82) is 0 Å². The molecular weight excluding hydrogens is 403 g/mol. The summed E-state index contributed by atoms with van der Waals surface area (Å²) in [6.45, 7) is 3.80. The number of rotatable bonds is 3. The van der Waals surface area contributed by atoms with E-state index in [-0.39, 0.29) is 11.6 Å². The van der Waals surface area contributed by atoms with Crippen molar-refractivity contribution < 1.29 is 9.18 Å². The second-order valence-corrected chi connectivity index (χ2v) is 8.91. The van der Waals surface area contributed by atoms with Gasteiger partial charge in [-0.15, -0.1) is 11.3 Å². The number of fused-ring (bicyclic) bond motifs is 3. The molecule has 0 bridgehead atoms. The van der Waals surface area contributed by atoms with Crippen LogP contribution in [0.3, 0.4) is 0 Å². The molecule has 0 saturated carbocycles. The molecular formula is C21H19FN6OS. The summed E-state index contributed by atoms with van der Waals surface area (Å²) in [7, 11) is 0. The van der Waals surface area contributed by atoms with Crippen molar-refractivity contribution in [1.82, 2.24) is 19.7 Å². The quantitative estimate of drug-likeness (QED) is 0.530. The Hall–Kier alpha value is -3.04. The highest BCUT2D eigenvalue weighted by Gasteiger charge is 2.41. The Morgan fingerprint density at radius 3 is 3.00 bits per heavy atom. The highest BCUT2D eigenvalue weighted by Crippen LogP contribution is 2.32. The molecule has 9 heteroatoms. The average molecular weight is 422 g/mol. The van der Waals surface area contributed by atoms with E-state index in [4.69, 9.17) is 4.98 Å². The largest absolute Gasteiger partial charge is 0.351 e. The topological polar surface area (TPSA) is 74.6 Å². The van der Waals surface area contributed by atoms with Crippen LogP contribution < -0.4 is 15.5 Å². The molecule has 7 nitrogen and oxygen atoms in total. The number of nitrogens with one attached hydrogen (secondary N) is 2. The summed E-state index contributed by atoms with van der Waals surface area (Å²) in [5.41, 5.74) is 1.34. The Bertz CT molecular complexity index is 1310. The fourth-order valence-electron chi connectivity index (χ4n) is 4.36. The summed E-state index contributed by atoms with van der Waals surface area (Å²) in [4.78, 5) is 25.5. The molecule has 2 fully saturated rings. The predicted molar refractivity (Wildman–Crippen MR) is 115 cm³/mol. The number of anilines is 2. The SMILES string of the molecule is Cc1cn2cc(NC(=O)c3cc4ccc(N5CCC6NCC65)nc4s3)cc(F)c2n1. The number of carbonyl (C=O) groups is 1. The van der Waals surface area contributed by atoms with E-state index in [1.807, 2.05) is 18.2 Å². The minimum absolute atomic E-state index is 0.245. The van der Waals surface area contributed by atoms with Crippen LogP contribution in [0, 0.1) is 12.7 Å². The third kappa shape index (κ3) is 2.77. The number of imidazole rings is 1. The maximum atomic E-state index is 14.3. The molecule has 4 aromatic rings. The summed E-state index contributed by atoms with van der Waals surface area (Å²) in [5.74, 6) is 0.214. The summed E-state index contributed by atoms with van der Waals surface area (Å²) in [5, 5.41) is 7.17. The van der Waals surface area contributed by atoms with E-state index in [1.54, 1.807) is 23.7 Å². The molecule has 2 aliphatic heterocycles. The van der Waals surface area contributed by atoms with Crippen LogP contribution in [0.25, 0.3) is 15.9 Å². The van der Waals surface area contributed by atoms with Crippen LogP contribution in [-0.4, -0.2) is 45.4 Å². The fourth-order valence-corrected chi connectivity index (χ4v) is 5.28. The molecule has 1 amide bonds. The van der Waals surface area contributed by atoms with E-state index in [0.717, 1.165) is 35.5 Å². The first-order valence-electron chi connectivity index (χ1n) is 9.92. The van der Waals surface area contributed by atoms with E-state index in [2.05, 4.69) is 20.5 Å². The number of aryl methyl sites for hydroxylation is 1. The van der Waals surface area contributed by atoms with Crippen LogP contribution in [0.1, 0.15) is 21.8 Å². The zero-order valence-corrected chi connectivity index (χ0v) is 17.0. The molecule has 2 atom stereocenters. The lowest BCUT2D eigenvalue weighted by molar-refractivity contribution is 0.103. The van der Waals surface area contributed by atoms with Crippen molar-refractivity contribution in [3.05, 3.63) is 53.0 Å². The van der Waals surface area contributed by atoms with Crippen molar-refractivity contribution in [3.63, 3.8) is 0 Å². The molecule has 2 unspecified atom stereocenters. The van der Waals surface area contributed by atoms with Crippen LogP contribution in [0.5, 0.6) is 0 Å². The molecule has 2 saturated heterocycles. The van der Waals surface area contributed by atoms with Crippen LogP contribution in [0.15, 0.2) is 36.7 Å². The van der Waals surface area contributed by atoms with Gasteiger partial charge in [-0.3, -0.25) is 4.79 Å². The minimum Gasteiger partial charge on any atom is -0.351 e. The third-order valence-electron chi connectivity index (χ3n) is 5.91. The molecule has 0 aromatic carbocycles. The smallest absolute Gasteiger partial charge is 0.265 e. The number of carbonyl (C=O) groups excluding carboxylic acids is 1. The standard InChI is InChI=1S/C21H19FN6OS/c1-11-9-27-10-13(7-14(22)19(27)24-11)25-20(29)17-6-12-2-3-18(26-21(12)30-17)28-5-4-15-16(28)8-23-15/h2-3,6-7,9-10,15-16,23H,4-5,8H2,1H3,(H,25,29). The number of hydrogen-bond donors (Lipinski definition) is 2. The lowest BCUT2D eigenvalue weighted by atomic mass is 10.0. The van der Waals surface area contributed by atoms with Gasteiger partial charge in [-0.05, 0) is 31.5 Å². The van der Waals surface area contributed by atoms with Crippen molar-refractivity contribution in [2.45, 2.75) is 25.4 Å². The van der Waals surface area contributed by atoms with Crippen LogP contribution >= 0.6 is 11.3 Å². The number of hydrogen-bond acceptors (Lipinski definition) is 6. The van der Waals surface area contributed by atoms with Crippen molar-refractivity contribution in [2.75, 3.05) is 23.3 Å². The normalized spacial score (nSPS) is 20.5. The van der Waals surface area contributed by atoms with Gasteiger partial charge in [0.05, 0.1) is 22.3 Å². The minimum atomic E-state index is -0.474. The van der Waals surface area contributed by atoms with Crippen LogP contribution in [0.2, 0.25) is 0 Å². The average Bonchev–Trinajstić information content (AvgIpc) is 3.36. The zero-order valence-electron chi connectivity index (χ0n) is 16.2. The second-order valence-electron chi connectivity index (χ2n) is 7.88. The van der Waals surface area contributed by atoms with E-state index in [1.165, 1.54) is 17.4 Å². The summed E-state index contributed by atoms with van der Waals surface area (Å²) in [6, 6.07) is 8.27. The van der Waals surface area contributed by atoms with Gasteiger partial charge < -0.3 is 19.9 Å². The number of pyridine rings is 2. The summed E-state index contributed by atoms with van der Waals surface area (Å²) < 4.78 is 15.9. The molecule has 4 aromatic heterocycles. The summed E-state index contributed by atoms with van der Waals surface area (Å²) in [6.07, 6.45) is 4.52. The van der Waals surface area contributed by atoms with Gasteiger partial charge in [0.15, 0.2) is 11.5 Å². The fraction of sp³-hybridized carbons (Fsp3) is 0.286. The Morgan fingerprint density at radius 1 is 1.30 bits per heavy atom. The Labute approximate surface area is 175 Å². The maximum Gasteiger partial charge on any atom is 0.265 e. The first kappa shape index (κ1) is 17.8. The molecule has 0 radical (unpaired) electrons. The predicted octanol–water partition coefficient (Wildman–Crippen LogP) is 3.19. The van der Waals surface area contributed by atoms with E-state index in [9.17, 15) is 9.18 Å². The van der Waals surface area contributed by atoms with Gasteiger partial charge in [0.25, 0.3) is 5.91 Å². The van der Waals surface area contributed by atoms with Crippen LogP contribution in [0.4, 0.5) is 15.9 Å². The lowest BCUT2D eigenvalue weighted by Crippen LogP contribution is -2.59. The first-order valence-corrected chi connectivity index (χ1v) is 10.7. The maximum absolute atomic E-state index is 14.3. The van der Waals surface area contributed by atoms with Gasteiger partial charge in [0.2, 0.25) is 0 Å². The number of nitrogens with zero attached hydrogens (tertiary/aromatic N) is 4. The van der Waals surface area contributed by atoms with Gasteiger partial charge >= 0.3 is 0 Å². The van der Waals surface area contributed by atoms with E-state index in [0.29, 0.717) is 28.3 Å². The Morgan fingerprint density at radius 2 is 2.20 bits per heavy atom. The van der Waals surface area contributed by atoms with Gasteiger partial charge in [-0.1, -0.05) is 0 Å². The highest BCUT2D eigenvalue weighted by molar-refractivity contribution is 7.20. The molecule has 2 N–H and O–H groups in total. The Balaban J connectivity index is 1.27. The molecule has 6 heterocycles. The van der Waals surface area contributed by atoms with Crippen molar-refractivity contribution in [3.8, 4) is 0 Å². The molecule has 0 spiro atoms. The number of amides is 1. The summed E-state index contributed by atoms with van der Waals surface area (Å²) >= 11 is 1.35. The Kier molecular flexibility index (Phi) is 3.84. The zero-order chi connectivity index (χ0) is 20.4. The van der Waals surface area contributed by atoms with E-state index < -0.39 is 5.82 Å². The van der Waals surface area contributed by atoms with Crippen LogP contribution in [-0.2, 0) is 0 Å². The molecule has 152 valence electrons. The molecule has 30 heavy (non-hydrogen) atoms.